The molecule has 1 aliphatic carbocycles. The molecule has 112 valence electrons. The lowest BCUT2D eigenvalue weighted by Crippen LogP contribution is -2.62. The van der Waals surface area contributed by atoms with Crippen LogP contribution in [0.1, 0.15) is 58.8 Å². The van der Waals surface area contributed by atoms with Crippen molar-refractivity contribution in [2.75, 3.05) is 32.8 Å². The van der Waals surface area contributed by atoms with Gasteiger partial charge in [0.1, 0.15) is 0 Å². The first-order chi connectivity index (χ1) is 9.26. The highest BCUT2D eigenvalue weighted by Crippen LogP contribution is 2.33. The minimum absolute atomic E-state index is 0.454. The van der Waals surface area contributed by atoms with Crippen LogP contribution in [0.2, 0.25) is 0 Å². The van der Waals surface area contributed by atoms with E-state index in [1.165, 1.54) is 58.0 Å². The fourth-order valence-corrected chi connectivity index (χ4v) is 3.50. The lowest BCUT2D eigenvalue weighted by atomic mass is 9.92. The van der Waals surface area contributed by atoms with Crippen molar-refractivity contribution in [3.05, 3.63) is 0 Å². The quantitative estimate of drug-likeness (QED) is 0.719. The largest absolute Gasteiger partial charge is 0.381 e. The van der Waals surface area contributed by atoms with Gasteiger partial charge in [-0.15, -0.1) is 0 Å². The van der Waals surface area contributed by atoms with Crippen molar-refractivity contribution in [1.82, 2.24) is 10.2 Å². The van der Waals surface area contributed by atoms with Crippen LogP contribution in [0.5, 0.6) is 0 Å². The van der Waals surface area contributed by atoms with Gasteiger partial charge in [-0.05, 0) is 32.6 Å². The summed E-state index contributed by atoms with van der Waals surface area (Å²) >= 11 is 0. The molecular weight excluding hydrogens is 236 g/mol. The lowest BCUT2D eigenvalue weighted by Gasteiger charge is -2.45. The van der Waals surface area contributed by atoms with Gasteiger partial charge in [0.15, 0.2) is 0 Å². The van der Waals surface area contributed by atoms with Crippen molar-refractivity contribution in [2.24, 2.45) is 0 Å². The third kappa shape index (κ3) is 4.44. The van der Waals surface area contributed by atoms with Crippen LogP contribution in [0.25, 0.3) is 0 Å². The van der Waals surface area contributed by atoms with Crippen molar-refractivity contribution >= 4 is 0 Å². The normalized spacial score (nSPS) is 27.2. The number of hydrogen-bond acceptors (Lipinski definition) is 3. The van der Waals surface area contributed by atoms with Gasteiger partial charge < -0.3 is 10.1 Å². The van der Waals surface area contributed by atoms with Gasteiger partial charge in [0.05, 0.1) is 0 Å². The topological polar surface area (TPSA) is 24.5 Å². The maximum atomic E-state index is 5.68. The number of rotatable bonds is 7. The van der Waals surface area contributed by atoms with Crippen molar-refractivity contribution in [3.63, 3.8) is 0 Å². The van der Waals surface area contributed by atoms with Gasteiger partial charge >= 0.3 is 0 Å². The monoisotopic (exact) mass is 268 g/mol. The number of piperazine rings is 1. The second-order valence-electron chi connectivity index (χ2n) is 6.51. The Morgan fingerprint density at radius 3 is 2.68 bits per heavy atom. The number of nitrogens with one attached hydrogen (secondary N) is 1. The molecule has 2 aliphatic rings. The van der Waals surface area contributed by atoms with E-state index in [2.05, 4.69) is 24.1 Å². The van der Waals surface area contributed by atoms with Crippen molar-refractivity contribution < 1.29 is 4.74 Å². The zero-order valence-corrected chi connectivity index (χ0v) is 12.9. The molecule has 1 saturated heterocycles. The SMILES string of the molecule is CCCCOCCCN1CC2(CCCC2)NCC1C. The fraction of sp³-hybridized carbons (Fsp3) is 1.00. The highest BCUT2D eigenvalue weighted by atomic mass is 16.5. The van der Waals surface area contributed by atoms with Crippen LogP contribution >= 0.6 is 0 Å². The highest BCUT2D eigenvalue weighted by molar-refractivity contribution is 5.00. The molecule has 0 aromatic heterocycles. The Kier molecular flexibility index (Phi) is 6.11. The molecule has 0 radical (unpaired) electrons. The summed E-state index contributed by atoms with van der Waals surface area (Å²) in [6.45, 7) is 10.1. The summed E-state index contributed by atoms with van der Waals surface area (Å²) < 4.78 is 5.68. The van der Waals surface area contributed by atoms with Crippen molar-refractivity contribution in [2.45, 2.75) is 70.4 Å². The average molecular weight is 268 g/mol. The van der Waals surface area contributed by atoms with Crippen LogP contribution in [0, 0.1) is 0 Å². The zero-order valence-electron chi connectivity index (χ0n) is 12.9. The van der Waals surface area contributed by atoms with Crippen LogP contribution in [-0.2, 0) is 4.74 Å². The molecule has 1 N–H and O–H groups in total. The standard InChI is InChI=1S/C16H32N2O/c1-3-4-11-19-12-7-10-18-14-16(8-5-6-9-16)17-13-15(18)2/h15,17H,3-14H2,1-2H3. The fourth-order valence-electron chi connectivity index (χ4n) is 3.50. The van der Waals surface area contributed by atoms with E-state index in [9.17, 15) is 0 Å². The Labute approximate surface area is 119 Å². The van der Waals surface area contributed by atoms with E-state index in [1.807, 2.05) is 0 Å². The Hall–Kier alpha value is -0.120. The average Bonchev–Trinajstić information content (AvgIpc) is 2.86. The van der Waals surface area contributed by atoms with Gasteiger partial charge in [0, 0.05) is 44.4 Å². The van der Waals surface area contributed by atoms with Gasteiger partial charge in [0.2, 0.25) is 0 Å². The first-order valence-corrected chi connectivity index (χ1v) is 8.32. The van der Waals surface area contributed by atoms with Crippen LogP contribution in [0.4, 0.5) is 0 Å². The number of unbranched alkanes of at least 4 members (excludes halogenated alkanes) is 1. The number of nitrogens with zero attached hydrogens (tertiary/aromatic N) is 1. The van der Waals surface area contributed by atoms with Gasteiger partial charge in [-0.25, -0.2) is 0 Å². The molecule has 1 saturated carbocycles. The summed E-state index contributed by atoms with van der Waals surface area (Å²) in [4.78, 5) is 2.69. The van der Waals surface area contributed by atoms with Gasteiger partial charge in [-0.2, -0.15) is 0 Å². The summed E-state index contributed by atoms with van der Waals surface area (Å²) in [6.07, 6.45) is 9.20. The molecule has 3 heteroatoms. The van der Waals surface area contributed by atoms with E-state index in [4.69, 9.17) is 4.74 Å². The van der Waals surface area contributed by atoms with Crippen LogP contribution < -0.4 is 5.32 Å². The van der Waals surface area contributed by atoms with E-state index < -0.39 is 0 Å². The molecule has 0 aromatic rings. The minimum atomic E-state index is 0.454. The minimum Gasteiger partial charge on any atom is -0.381 e. The van der Waals surface area contributed by atoms with E-state index in [-0.39, 0.29) is 0 Å². The molecule has 0 bridgehead atoms. The molecule has 2 rings (SSSR count). The van der Waals surface area contributed by atoms with E-state index in [0.29, 0.717) is 11.6 Å². The molecule has 1 spiro atoms. The lowest BCUT2D eigenvalue weighted by molar-refractivity contribution is 0.0695. The van der Waals surface area contributed by atoms with E-state index in [1.54, 1.807) is 0 Å². The van der Waals surface area contributed by atoms with Gasteiger partial charge in [0.25, 0.3) is 0 Å². The summed E-state index contributed by atoms with van der Waals surface area (Å²) in [5.74, 6) is 0. The molecule has 0 amide bonds. The Morgan fingerprint density at radius 2 is 1.95 bits per heavy atom. The molecule has 19 heavy (non-hydrogen) atoms. The summed E-state index contributed by atoms with van der Waals surface area (Å²) in [5.41, 5.74) is 0.454. The van der Waals surface area contributed by atoms with Crippen molar-refractivity contribution in [1.29, 1.82) is 0 Å². The van der Waals surface area contributed by atoms with E-state index in [0.717, 1.165) is 19.8 Å². The molecule has 1 unspecified atom stereocenters. The predicted octanol–water partition coefficient (Wildman–Crippen LogP) is 2.80. The molecule has 1 atom stereocenters. The Morgan fingerprint density at radius 1 is 1.21 bits per heavy atom. The molecule has 2 fully saturated rings. The third-order valence-corrected chi connectivity index (χ3v) is 4.84. The second kappa shape index (κ2) is 7.61. The van der Waals surface area contributed by atoms with E-state index >= 15 is 0 Å². The molecule has 1 heterocycles. The highest BCUT2D eigenvalue weighted by Gasteiger charge is 2.39. The Balaban J connectivity index is 1.66. The number of ether oxygens (including phenoxy) is 1. The predicted molar refractivity (Wildman–Crippen MR) is 80.6 cm³/mol. The third-order valence-electron chi connectivity index (χ3n) is 4.84. The Bertz CT molecular complexity index is 251. The summed E-state index contributed by atoms with van der Waals surface area (Å²) in [6, 6.07) is 0.682. The molecule has 1 aliphatic heterocycles. The number of hydrogen-bond donors (Lipinski definition) is 1. The van der Waals surface area contributed by atoms with Crippen molar-refractivity contribution in [3.8, 4) is 0 Å². The van der Waals surface area contributed by atoms with Gasteiger partial charge in [-0.3, -0.25) is 4.90 Å². The van der Waals surface area contributed by atoms with Crippen LogP contribution in [0.15, 0.2) is 0 Å². The first-order valence-electron chi connectivity index (χ1n) is 8.32. The summed E-state index contributed by atoms with van der Waals surface area (Å²) in [7, 11) is 0. The second-order valence-corrected chi connectivity index (χ2v) is 6.51. The molecule has 0 aromatic carbocycles. The maximum Gasteiger partial charge on any atom is 0.0478 e. The maximum absolute atomic E-state index is 5.68. The first kappa shape index (κ1) is 15.3. The zero-order chi connectivity index (χ0) is 13.6. The van der Waals surface area contributed by atoms with Gasteiger partial charge in [-0.1, -0.05) is 26.2 Å². The smallest absolute Gasteiger partial charge is 0.0478 e. The van der Waals surface area contributed by atoms with Crippen LogP contribution in [0.3, 0.4) is 0 Å². The molecular formula is C16H32N2O. The summed E-state index contributed by atoms with van der Waals surface area (Å²) in [5, 5.41) is 3.82. The van der Waals surface area contributed by atoms with Crippen LogP contribution in [-0.4, -0.2) is 49.3 Å². The molecule has 3 nitrogen and oxygen atoms in total.